The fraction of sp³-hybridized carbons (Fsp3) is 0.118. The van der Waals surface area contributed by atoms with Crippen LogP contribution in [0, 0.1) is 0 Å². The van der Waals surface area contributed by atoms with Crippen molar-refractivity contribution in [3.8, 4) is 5.75 Å². The van der Waals surface area contributed by atoms with Crippen molar-refractivity contribution < 1.29 is 9.53 Å². The summed E-state index contributed by atoms with van der Waals surface area (Å²) in [4.78, 5) is 16.2. The zero-order valence-corrected chi connectivity index (χ0v) is 13.5. The minimum absolute atomic E-state index is 0.164. The van der Waals surface area contributed by atoms with Gasteiger partial charge in [-0.15, -0.1) is 0 Å². The monoisotopic (exact) mass is 342 g/mol. The van der Waals surface area contributed by atoms with Crippen LogP contribution in [0.25, 0.3) is 0 Å². The summed E-state index contributed by atoms with van der Waals surface area (Å²) in [6.07, 6.45) is 3.36. The van der Waals surface area contributed by atoms with Gasteiger partial charge in [-0.1, -0.05) is 29.8 Å². The predicted octanol–water partition coefficient (Wildman–Crippen LogP) is 2.90. The average Bonchev–Trinajstić information content (AvgIpc) is 3.09. The molecule has 0 aliphatic carbocycles. The molecule has 0 spiro atoms. The molecule has 0 saturated heterocycles. The van der Waals surface area contributed by atoms with Crippen LogP contribution in [-0.2, 0) is 13.3 Å². The molecule has 6 nitrogen and oxygen atoms in total. The topological polar surface area (TPSA) is 69.0 Å². The summed E-state index contributed by atoms with van der Waals surface area (Å²) in [6.45, 7) is 0.514. The Hall–Kier alpha value is -2.86. The number of nitrogens with one attached hydrogen (secondary N) is 1. The normalized spacial score (nSPS) is 10.4. The molecule has 0 fully saturated rings. The number of nitrogens with zero attached hydrogens (tertiary/aromatic N) is 3. The van der Waals surface area contributed by atoms with Crippen LogP contribution < -0.4 is 10.1 Å². The van der Waals surface area contributed by atoms with Gasteiger partial charge >= 0.3 is 0 Å². The van der Waals surface area contributed by atoms with Crippen molar-refractivity contribution >= 4 is 17.5 Å². The molecule has 0 unspecified atom stereocenters. The number of para-hydroxylation sites is 1. The Kier molecular flexibility index (Phi) is 5.08. The molecule has 1 amide bonds. The number of carbonyl (C=O) groups is 1. The lowest BCUT2D eigenvalue weighted by molar-refractivity contribution is 0.0943. The van der Waals surface area contributed by atoms with E-state index in [1.807, 2.05) is 30.3 Å². The summed E-state index contributed by atoms with van der Waals surface area (Å²) in [6, 6.07) is 14.3. The summed E-state index contributed by atoms with van der Waals surface area (Å²) < 4.78 is 7.10. The molecule has 2 heterocycles. The third-order valence-electron chi connectivity index (χ3n) is 3.22. The standard InChI is InChI=1S/C17H15ClN4O2/c18-14-6-1-2-7-16(14)24-12-22-10-8-15(21-22)17(23)20-11-13-5-3-4-9-19-13/h1-10H,11-12H2,(H,20,23). The molecule has 7 heteroatoms. The van der Waals surface area contributed by atoms with Gasteiger partial charge in [-0.05, 0) is 30.3 Å². The molecule has 2 aromatic heterocycles. The Morgan fingerprint density at radius 1 is 1.17 bits per heavy atom. The van der Waals surface area contributed by atoms with E-state index >= 15 is 0 Å². The molecule has 3 rings (SSSR count). The van der Waals surface area contributed by atoms with Gasteiger partial charge in [0.25, 0.3) is 5.91 Å². The third kappa shape index (κ3) is 4.11. The number of hydrogen-bond acceptors (Lipinski definition) is 4. The van der Waals surface area contributed by atoms with E-state index in [4.69, 9.17) is 16.3 Å². The number of amides is 1. The van der Waals surface area contributed by atoms with Crippen LogP contribution in [0.5, 0.6) is 5.75 Å². The molecule has 0 bridgehead atoms. The van der Waals surface area contributed by atoms with E-state index in [-0.39, 0.29) is 12.6 Å². The minimum Gasteiger partial charge on any atom is -0.470 e. The van der Waals surface area contributed by atoms with Gasteiger partial charge < -0.3 is 10.1 Å². The molecule has 0 aliphatic heterocycles. The second-order valence-electron chi connectivity index (χ2n) is 4.95. The summed E-state index contributed by atoms with van der Waals surface area (Å²) in [7, 11) is 0. The lowest BCUT2D eigenvalue weighted by Crippen LogP contribution is -2.24. The second-order valence-corrected chi connectivity index (χ2v) is 5.36. The van der Waals surface area contributed by atoms with E-state index in [0.717, 1.165) is 5.69 Å². The molecule has 24 heavy (non-hydrogen) atoms. The van der Waals surface area contributed by atoms with Crippen LogP contribution in [0.2, 0.25) is 5.02 Å². The van der Waals surface area contributed by atoms with Gasteiger partial charge in [0.1, 0.15) is 11.4 Å². The Balaban J connectivity index is 1.55. The van der Waals surface area contributed by atoms with Gasteiger partial charge in [-0.25, -0.2) is 4.68 Å². The van der Waals surface area contributed by atoms with Gasteiger partial charge in [0, 0.05) is 12.4 Å². The Bertz CT molecular complexity index is 820. The Labute approximate surface area is 144 Å². The van der Waals surface area contributed by atoms with E-state index in [9.17, 15) is 4.79 Å². The van der Waals surface area contributed by atoms with Crippen LogP contribution in [0.3, 0.4) is 0 Å². The van der Waals surface area contributed by atoms with Gasteiger partial charge in [0.15, 0.2) is 6.73 Å². The van der Waals surface area contributed by atoms with Crippen molar-refractivity contribution in [1.29, 1.82) is 0 Å². The largest absolute Gasteiger partial charge is 0.470 e. The van der Waals surface area contributed by atoms with E-state index in [2.05, 4.69) is 15.4 Å². The first-order valence-corrected chi connectivity index (χ1v) is 7.69. The molecule has 0 radical (unpaired) electrons. The summed E-state index contributed by atoms with van der Waals surface area (Å²) in [5.74, 6) is 0.299. The number of pyridine rings is 1. The number of ether oxygens (including phenoxy) is 1. The van der Waals surface area contributed by atoms with Crippen LogP contribution in [-0.4, -0.2) is 20.7 Å². The maximum absolute atomic E-state index is 12.1. The van der Waals surface area contributed by atoms with Crippen LogP contribution >= 0.6 is 11.6 Å². The maximum atomic E-state index is 12.1. The van der Waals surface area contributed by atoms with Gasteiger partial charge in [0.2, 0.25) is 0 Å². The summed E-state index contributed by atoms with van der Waals surface area (Å²) in [5, 5.41) is 7.48. The molecule has 1 aromatic carbocycles. The highest BCUT2D eigenvalue weighted by Crippen LogP contribution is 2.23. The van der Waals surface area contributed by atoms with Crippen LogP contribution in [0.1, 0.15) is 16.2 Å². The van der Waals surface area contributed by atoms with Crippen molar-refractivity contribution in [3.05, 3.63) is 77.3 Å². The molecule has 122 valence electrons. The Morgan fingerprint density at radius 2 is 2.00 bits per heavy atom. The highest BCUT2D eigenvalue weighted by atomic mass is 35.5. The van der Waals surface area contributed by atoms with Gasteiger partial charge in [0.05, 0.1) is 17.3 Å². The van der Waals surface area contributed by atoms with Crippen molar-refractivity contribution in [2.75, 3.05) is 0 Å². The van der Waals surface area contributed by atoms with Crippen molar-refractivity contribution in [3.63, 3.8) is 0 Å². The number of carbonyl (C=O) groups excluding carboxylic acids is 1. The van der Waals surface area contributed by atoms with Crippen molar-refractivity contribution in [1.82, 2.24) is 20.1 Å². The van der Waals surface area contributed by atoms with Crippen molar-refractivity contribution in [2.24, 2.45) is 0 Å². The summed E-state index contributed by atoms with van der Waals surface area (Å²) in [5.41, 5.74) is 1.10. The molecular weight excluding hydrogens is 328 g/mol. The van der Waals surface area contributed by atoms with Gasteiger partial charge in [-0.3, -0.25) is 9.78 Å². The Morgan fingerprint density at radius 3 is 2.79 bits per heavy atom. The third-order valence-corrected chi connectivity index (χ3v) is 3.53. The fourth-order valence-corrected chi connectivity index (χ4v) is 2.21. The fourth-order valence-electron chi connectivity index (χ4n) is 2.02. The molecular formula is C17H15ClN4O2. The quantitative estimate of drug-likeness (QED) is 0.748. The number of hydrogen-bond donors (Lipinski definition) is 1. The zero-order chi connectivity index (χ0) is 16.8. The zero-order valence-electron chi connectivity index (χ0n) is 12.7. The lowest BCUT2D eigenvalue weighted by Gasteiger charge is -2.07. The SMILES string of the molecule is O=C(NCc1ccccn1)c1ccn(COc2ccccc2Cl)n1. The number of benzene rings is 1. The van der Waals surface area contributed by atoms with Crippen molar-refractivity contribution in [2.45, 2.75) is 13.3 Å². The summed E-state index contributed by atoms with van der Waals surface area (Å²) >= 11 is 6.02. The molecule has 3 aromatic rings. The average molecular weight is 343 g/mol. The minimum atomic E-state index is -0.267. The van der Waals surface area contributed by atoms with E-state index in [0.29, 0.717) is 23.0 Å². The highest BCUT2D eigenvalue weighted by Gasteiger charge is 2.10. The number of halogens is 1. The number of aromatic nitrogens is 3. The smallest absolute Gasteiger partial charge is 0.272 e. The lowest BCUT2D eigenvalue weighted by atomic mass is 10.3. The van der Waals surface area contributed by atoms with Crippen LogP contribution in [0.15, 0.2) is 60.9 Å². The second kappa shape index (κ2) is 7.61. The van der Waals surface area contributed by atoms with E-state index in [1.165, 1.54) is 4.68 Å². The van der Waals surface area contributed by atoms with E-state index < -0.39 is 0 Å². The number of rotatable bonds is 6. The van der Waals surface area contributed by atoms with E-state index in [1.54, 1.807) is 30.6 Å². The van der Waals surface area contributed by atoms with Crippen LogP contribution in [0.4, 0.5) is 0 Å². The first-order valence-electron chi connectivity index (χ1n) is 7.31. The first kappa shape index (κ1) is 16.0. The highest BCUT2D eigenvalue weighted by molar-refractivity contribution is 6.32. The van der Waals surface area contributed by atoms with Gasteiger partial charge in [-0.2, -0.15) is 5.10 Å². The molecule has 0 atom stereocenters. The molecule has 1 N–H and O–H groups in total. The molecule has 0 saturated carbocycles. The maximum Gasteiger partial charge on any atom is 0.272 e. The first-order chi connectivity index (χ1) is 11.7. The predicted molar refractivity (Wildman–Crippen MR) is 89.7 cm³/mol. The molecule has 0 aliphatic rings.